The molecule has 0 unspecified atom stereocenters. The molecule has 0 aliphatic heterocycles. The highest BCUT2D eigenvalue weighted by Gasteiger charge is 2.19. The van der Waals surface area contributed by atoms with Crippen LogP contribution in [0.15, 0.2) is 12.2 Å². The van der Waals surface area contributed by atoms with Crippen molar-refractivity contribution in [1.82, 2.24) is 4.90 Å². The minimum atomic E-state index is 0.758. The molecule has 0 radical (unpaired) electrons. The van der Waals surface area contributed by atoms with Crippen LogP contribution in [0.1, 0.15) is 39.0 Å². The standard InChI is InChI=1S/C12H22ClN/c1-2-3-10-14(11-9-13)12-7-5-4-6-8-12/h2-3,12H,4-11H2,1H3/b3-2+. The maximum Gasteiger partial charge on any atom is 0.0351 e. The molecule has 0 N–H and O–H groups in total. The first-order valence-electron chi connectivity index (χ1n) is 5.79. The van der Waals surface area contributed by atoms with Crippen LogP contribution in [0.4, 0.5) is 0 Å². The van der Waals surface area contributed by atoms with Crippen molar-refractivity contribution in [3.8, 4) is 0 Å². The lowest BCUT2D eigenvalue weighted by atomic mass is 9.94. The molecule has 0 bridgehead atoms. The number of hydrogen-bond donors (Lipinski definition) is 0. The highest BCUT2D eigenvalue weighted by molar-refractivity contribution is 6.18. The lowest BCUT2D eigenvalue weighted by Crippen LogP contribution is -2.38. The molecule has 14 heavy (non-hydrogen) atoms. The number of alkyl halides is 1. The zero-order valence-electron chi connectivity index (χ0n) is 9.21. The van der Waals surface area contributed by atoms with Crippen molar-refractivity contribution < 1.29 is 0 Å². The average molecular weight is 216 g/mol. The Morgan fingerprint density at radius 2 is 2.00 bits per heavy atom. The van der Waals surface area contributed by atoms with Gasteiger partial charge in [0.25, 0.3) is 0 Å². The van der Waals surface area contributed by atoms with Crippen LogP contribution < -0.4 is 0 Å². The summed E-state index contributed by atoms with van der Waals surface area (Å²) in [7, 11) is 0. The fourth-order valence-corrected chi connectivity index (χ4v) is 2.44. The number of allylic oxidation sites excluding steroid dienone is 1. The van der Waals surface area contributed by atoms with Crippen LogP contribution >= 0.6 is 11.6 Å². The minimum Gasteiger partial charge on any atom is -0.296 e. The Morgan fingerprint density at radius 3 is 2.57 bits per heavy atom. The number of rotatable bonds is 5. The lowest BCUT2D eigenvalue weighted by Gasteiger charge is -2.33. The predicted molar refractivity (Wildman–Crippen MR) is 64.0 cm³/mol. The maximum atomic E-state index is 5.83. The van der Waals surface area contributed by atoms with Crippen LogP contribution in [-0.4, -0.2) is 29.9 Å². The Morgan fingerprint density at radius 1 is 1.29 bits per heavy atom. The van der Waals surface area contributed by atoms with Crippen molar-refractivity contribution in [2.75, 3.05) is 19.0 Å². The van der Waals surface area contributed by atoms with E-state index in [2.05, 4.69) is 24.0 Å². The van der Waals surface area contributed by atoms with Crippen LogP contribution in [0, 0.1) is 0 Å². The van der Waals surface area contributed by atoms with Gasteiger partial charge in [0.05, 0.1) is 0 Å². The molecule has 0 heterocycles. The highest BCUT2D eigenvalue weighted by atomic mass is 35.5. The topological polar surface area (TPSA) is 3.24 Å². The predicted octanol–water partition coefficient (Wildman–Crippen LogP) is 3.44. The molecule has 1 aliphatic carbocycles. The van der Waals surface area contributed by atoms with Gasteiger partial charge in [-0.15, -0.1) is 11.6 Å². The number of halogens is 1. The zero-order chi connectivity index (χ0) is 10.2. The van der Waals surface area contributed by atoms with Gasteiger partial charge >= 0.3 is 0 Å². The largest absolute Gasteiger partial charge is 0.296 e. The van der Waals surface area contributed by atoms with E-state index in [-0.39, 0.29) is 0 Å². The summed E-state index contributed by atoms with van der Waals surface area (Å²) in [5, 5.41) is 0. The van der Waals surface area contributed by atoms with Gasteiger partial charge in [-0.1, -0.05) is 31.4 Å². The summed E-state index contributed by atoms with van der Waals surface area (Å²) in [6, 6.07) is 0.790. The first-order chi connectivity index (χ1) is 6.88. The van der Waals surface area contributed by atoms with Gasteiger partial charge in [-0.2, -0.15) is 0 Å². The van der Waals surface area contributed by atoms with Crippen molar-refractivity contribution in [2.45, 2.75) is 45.1 Å². The summed E-state index contributed by atoms with van der Waals surface area (Å²) in [6.07, 6.45) is 11.3. The van der Waals surface area contributed by atoms with E-state index in [1.807, 2.05) is 0 Å². The van der Waals surface area contributed by atoms with E-state index in [9.17, 15) is 0 Å². The molecular weight excluding hydrogens is 194 g/mol. The monoisotopic (exact) mass is 215 g/mol. The molecule has 0 atom stereocenters. The third-order valence-corrected chi connectivity index (χ3v) is 3.21. The van der Waals surface area contributed by atoms with Crippen molar-refractivity contribution in [1.29, 1.82) is 0 Å². The fourth-order valence-electron chi connectivity index (χ4n) is 2.22. The zero-order valence-corrected chi connectivity index (χ0v) is 9.97. The summed E-state index contributed by atoms with van der Waals surface area (Å²) in [5.41, 5.74) is 0. The summed E-state index contributed by atoms with van der Waals surface area (Å²) >= 11 is 5.83. The van der Waals surface area contributed by atoms with E-state index in [4.69, 9.17) is 11.6 Å². The fraction of sp³-hybridized carbons (Fsp3) is 0.833. The second kappa shape index (κ2) is 7.30. The van der Waals surface area contributed by atoms with Gasteiger partial charge in [-0.25, -0.2) is 0 Å². The Labute approximate surface area is 93.1 Å². The third-order valence-electron chi connectivity index (χ3n) is 3.04. The maximum absolute atomic E-state index is 5.83. The molecule has 1 nitrogen and oxygen atoms in total. The van der Waals surface area contributed by atoms with E-state index in [1.165, 1.54) is 32.1 Å². The molecule has 1 fully saturated rings. The summed E-state index contributed by atoms with van der Waals surface area (Å²) < 4.78 is 0. The normalized spacial score (nSPS) is 19.6. The Hall–Kier alpha value is -0.0100. The Bertz CT molecular complexity index is 162. The van der Waals surface area contributed by atoms with E-state index >= 15 is 0 Å². The van der Waals surface area contributed by atoms with Crippen LogP contribution in [-0.2, 0) is 0 Å². The highest BCUT2D eigenvalue weighted by Crippen LogP contribution is 2.22. The van der Waals surface area contributed by atoms with Gasteiger partial charge in [0.2, 0.25) is 0 Å². The van der Waals surface area contributed by atoms with E-state index in [0.29, 0.717) is 0 Å². The molecule has 1 aliphatic rings. The third kappa shape index (κ3) is 4.02. The molecule has 82 valence electrons. The van der Waals surface area contributed by atoms with Crippen LogP contribution in [0.2, 0.25) is 0 Å². The van der Waals surface area contributed by atoms with E-state index in [0.717, 1.165) is 25.0 Å². The molecule has 0 spiro atoms. The Balaban J connectivity index is 2.38. The second-order valence-electron chi connectivity index (χ2n) is 4.04. The van der Waals surface area contributed by atoms with E-state index < -0.39 is 0 Å². The first-order valence-corrected chi connectivity index (χ1v) is 6.33. The van der Waals surface area contributed by atoms with Gasteiger partial charge in [-0.05, 0) is 19.8 Å². The van der Waals surface area contributed by atoms with E-state index in [1.54, 1.807) is 0 Å². The number of hydrogen-bond acceptors (Lipinski definition) is 1. The second-order valence-corrected chi connectivity index (χ2v) is 4.42. The quantitative estimate of drug-likeness (QED) is 0.502. The van der Waals surface area contributed by atoms with Gasteiger partial charge in [0, 0.05) is 25.0 Å². The summed E-state index contributed by atoms with van der Waals surface area (Å²) in [6.45, 7) is 4.20. The van der Waals surface area contributed by atoms with Crippen LogP contribution in [0.25, 0.3) is 0 Å². The van der Waals surface area contributed by atoms with Gasteiger partial charge in [-0.3, -0.25) is 4.90 Å². The van der Waals surface area contributed by atoms with Gasteiger partial charge in [0.1, 0.15) is 0 Å². The SMILES string of the molecule is C/C=C/CN(CCCl)C1CCCCC1. The summed E-state index contributed by atoms with van der Waals surface area (Å²) in [5.74, 6) is 0.758. The van der Waals surface area contributed by atoms with Crippen LogP contribution in [0.5, 0.6) is 0 Å². The Kier molecular flexibility index (Phi) is 6.29. The molecular formula is C12H22ClN. The van der Waals surface area contributed by atoms with Crippen molar-refractivity contribution in [2.24, 2.45) is 0 Å². The molecule has 0 aromatic carbocycles. The van der Waals surface area contributed by atoms with Crippen molar-refractivity contribution in [3.05, 3.63) is 12.2 Å². The molecule has 1 rings (SSSR count). The summed E-state index contributed by atoms with van der Waals surface area (Å²) in [4.78, 5) is 2.53. The van der Waals surface area contributed by atoms with Crippen molar-refractivity contribution in [3.63, 3.8) is 0 Å². The first kappa shape index (κ1) is 12.1. The van der Waals surface area contributed by atoms with Gasteiger partial charge in [0.15, 0.2) is 0 Å². The van der Waals surface area contributed by atoms with Gasteiger partial charge < -0.3 is 0 Å². The molecule has 0 saturated heterocycles. The lowest BCUT2D eigenvalue weighted by molar-refractivity contribution is 0.181. The molecule has 1 saturated carbocycles. The number of nitrogens with zero attached hydrogens (tertiary/aromatic N) is 1. The minimum absolute atomic E-state index is 0.758. The molecule has 0 aromatic rings. The molecule has 0 amide bonds. The average Bonchev–Trinajstić information content (AvgIpc) is 2.25. The van der Waals surface area contributed by atoms with Crippen molar-refractivity contribution >= 4 is 11.6 Å². The van der Waals surface area contributed by atoms with Crippen LogP contribution in [0.3, 0.4) is 0 Å². The smallest absolute Gasteiger partial charge is 0.0351 e. The molecule has 0 aromatic heterocycles. The molecule has 2 heteroatoms.